The molecule has 1 heterocycles. The normalized spacial score (nSPS) is 9.95. The maximum absolute atomic E-state index is 11.4. The molecule has 1 aromatic heterocycles. The number of amides is 2. The average Bonchev–Trinajstić information content (AvgIpc) is 2.44. The summed E-state index contributed by atoms with van der Waals surface area (Å²) in [4.78, 5) is 26.9. The van der Waals surface area contributed by atoms with Gasteiger partial charge in [-0.3, -0.25) is 14.6 Å². The highest BCUT2D eigenvalue weighted by Gasteiger charge is 2.11. The Bertz CT molecular complexity index is 395. The molecule has 0 fully saturated rings. The number of hydrogen-bond donors (Lipinski definition) is 2. The topological polar surface area (TPSA) is 80.3 Å². The van der Waals surface area contributed by atoms with E-state index in [1.807, 2.05) is 18.2 Å². The zero-order valence-corrected chi connectivity index (χ0v) is 11.0. The minimum absolute atomic E-state index is 0.390. The molecule has 0 radical (unpaired) electrons. The van der Waals surface area contributed by atoms with Gasteiger partial charge in [-0.15, -0.1) is 0 Å². The Balaban J connectivity index is 2.14. The lowest BCUT2D eigenvalue weighted by atomic mass is 10.3. The van der Waals surface area contributed by atoms with Crippen molar-refractivity contribution in [3.05, 3.63) is 30.1 Å². The van der Waals surface area contributed by atoms with Gasteiger partial charge < -0.3 is 15.4 Å². The van der Waals surface area contributed by atoms with Gasteiger partial charge >= 0.3 is 11.8 Å². The number of aromatic nitrogens is 1. The number of ether oxygens (including phenoxy) is 1. The summed E-state index contributed by atoms with van der Waals surface area (Å²) in [6.07, 6.45) is 2.98. The highest BCUT2D eigenvalue weighted by Crippen LogP contribution is 1.92. The van der Waals surface area contributed by atoms with Crippen molar-refractivity contribution >= 4 is 11.8 Å². The Kier molecular flexibility index (Phi) is 7.19. The van der Waals surface area contributed by atoms with Gasteiger partial charge in [-0.25, -0.2) is 0 Å². The molecule has 0 spiro atoms. The monoisotopic (exact) mass is 265 g/mol. The molecular formula is C13H19N3O3. The number of pyridine rings is 1. The number of nitrogens with one attached hydrogen (secondary N) is 2. The molecule has 0 saturated heterocycles. The predicted octanol–water partition coefficient (Wildman–Crippen LogP) is -0.107. The molecule has 0 aliphatic carbocycles. The molecular weight excluding hydrogens is 246 g/mol. The summed E-state index contributed by atoms with van der Waals surface area (Å²) >= 11 is 0. The van der Waals surface area contributed by atoms with E-state index in [0.717, 1.165) is 5.69 Å². The Labute approximate surface area is 112 Å². The summed E-state index contributed by atoms with van der Waals surface area (Å²) in [5.74, 6) is -1.23. The second-order valence-electron chi connectivity index (χ2n) is 3.93. The van der Waals surface area contributed by atoms with Crippen LogP contribution in [-0.2, 0) is 20.7 Å². The van der Waals surface area contributed by atoms with Gasteiger partial charge in [0.05, 0.1) is 0 Å². The number of methoxy groups -OCH3 is 1. The molecule has 1 aromatic rings. The third-order valence-electron chi connectivity index (χ3n) is 2.41. The Morgan fingerprint density at radius 2 is 1.95 bits per heavy atom. The van der Waals surface area contributed by atoms with Crippen molar-refractivity contribution < 1.29 is 14.3 Å². The van der Waals surface area contributed by atoms with Gasteiger partial charge in [0.1, 0.15) is 0 Å². The van der Waals surface area contributed by atoms with Crippen LogP contribution in [0, 0.1) is 0 Å². The Morgan fingerprint density at radius 1 is 1.21 bits per heavy atom. The first-order valence-corrected chi connectivity index (χ1v) is 6.19. The fourth-order valence-corrected chi connectivity index (χ4v) is 1.43. The number of carbonyl (C=O) groups is 2. The molecule has 0 atom stereocenters. The first kappa shape index (κ1) is 15.1. The van der Waals surface area contributed by atoms with Gasteiger partial charge in [-0.2, -0.15) is 0 Å². The van der Waals surface area contributed by atoms with Crippen LogP contribution in [0.15, 0.2) is 24.4 Å². The quantitative estimate of drug-likeness (QED) is 0.532. The zero-order chi connectivity index (χ0) is 13.9. The van der Waals surface area contributed by atoms with E-state index in [2.05, 4.69) is 15.6 Å². The van der Waals surface area contributed by atoms with Crippen LogP contribution in [0.3, 0.4) is 0 Å². The predicted molar refractivity (Wildman–Crippen MR) is 70.5 cm³/mol. The first-order valence-electron chi connectivity index (χ1n) is 6.19. The smallest absolute Gasteiger partial charge is 0.309 e. The van der Waals surface area contributed by atoms with Crippen molar-refractivity contribution in [2.75, 3.05) is 26.8 Å². The minimum atomic E-state index is -0.617. The van der Waals surface area contributed by atoms with Crippen LogP contribution in [0.25, 0.3) is 0 Å². The summed E-state index contributed by atoms with van der Waals surface area (Å²) in [5.41, 5.74) is 0.878. The van der Waals surface area contributed by atoms with E-state index in [4.69, 9.17) is 4.74 Å². The minimum Gasteiger partial charge on any atom is -0.385 e. The van der Waals surface area contributed by atoms with E-state index in [1.165, 1.54) is 0 Å². The molecule has 0 aromatic carbocycles. The highest BCUT2D eigenvalue weighted by atomic mass is 16.5. The Hall–Kier alpha value is -1.95. The highest BCUT2D eigenvalue weighted by molar-refractivity contribution is 6.35. The summed E-state index contributed by atoms with van der Waals surface area (Å²) in [6, 6.07) is 5.58. The number of carbonyl (C=O) groups excluding carboxylic acids is 2. The second-order valence-corrected chi connectivity index (χ2v) is 3.93. The second kappa shape index (κ2) is 9.04. The molecule has 104 valence electrons. The van der Waals surface area contributed by atoms with Crippen molar-refractivity contribution in [1.82, 2.24) is 15.6 Å². The maximum atomic E-state index is 11.4. The molecule has 0 aliphatic rings. The molecule has 0 saturated carbocycles. The maximum Gasteiger partial charge on any atom is 0.309 e. The first-order chi connectivity index (χ1) is 9.24. The lowest BCUT2D eigenvalue weighted by Crippen LogP contribution is -2.41. The molecule has 0 unspecified atom stereocenters. The van der Waals surface area contributed by atoms with Crippen molar-refractivity contribution in [3.8, 4) is 0 Å². The molecule has 2 N–H and O–H groups in total. The van der Waals surface area contributed by atoms with Gasteiger partial charge in [0.15, 0.2) is 0 Å². The average molecular weight is 265 g/mol. The molecule has 6 nitrogen and oxygen atoms in total. The van der Waals surface area contributed by atoms with Crippen LogP contribution in [0.4, 0.5) is 0 Å². The SMILES string of the molecule is COCCCNC(=O)C(=O)NCCc1ccccn1. The third-order valence-corrected chi connectivity index (χ3v) is 2.41. The van der Waals surface area contributed by atoms with Gasteiger partial charge in [0.2, 0.25) is 0 Å². The van der Waals surface area contributed by atoms with Crippen LogP contribution >= 0.6 is 0 Å². The van der Waals surface area contributed by atoms with Crippen LogP contribution in [0.2, 0.25) is 0 Å². The number of rotatable bonds is 7. The van der Waals surface area contributed by atoms with Crippen LogP contribution in [-0.4, -0.2) is 43.6 Å². The molecule has 0 bridgehead atoms. The summed E-state index contributed by atoms with van der Waals surface area (Å²) < 4.78 is 4.84. The summed E-state index contributed by atoms with van der Waals surface area (Å²) in [6.45, 7) is 1.38. The fraction of sp³-hybridized carbons (Fsp3) is 0.462. The Morgan fingerprint density at radius 3 is 2.58 bits per heavy atom. The van der Waals surface area contributed by atoms with E-state index in [-0.39, 0.29) is 0 Å². The molecule has 1 rings (SSSR count). The molecule has 2 amide bonds. The largest absolute Gasteiger partial charge is 0.385 e. The van der Waals surface area contributed by atoms with Crippen molar-refractivity contribution in [1.29, 1.82) is 0 Å². The lowest BCUT2D eigenvalue weighted by molar-refractivity contribution is -0.139. The van der Waals surface area contributed by atoms with Crippen molar-refractivity contribution in [2.45, 2.75) is 12.8 Å². The fourth-order valence-electron chi connectivity index (χ4n) is 1.43. The third kappa shape index (κ3) is 6.52. The number of hydrogen-bond acceptors (Lipinski definition) is 4. The number of nitrogens with zero attached hydrogens (tertiary/aromatic N) is 1. The molecule has 0 aliphatic heterocycles. The standard InChI is InChI=1S/C13H19N3O3/c1-19-10-4-8-15-12(17)13(18)16-9-6-11-5-2-3-7-14-11/h2-3,5,7H,4,6,8-10H2,1H3,(H,15,17)(H,16,18). The van der Waals surface area contributed by atoms with E-state index in [9.17, 15) is 9.59 Å². The van der Waals surface area contributed by atoms with Gasteiger partial charge in [0.25, 0.3) is 0 Å². The van der Waals surface area contributed by atoms with Crippen molar-refractivity contribution in [2.24, 2.45) is 0 Å². The van der Waals surface area contributed by atoms with Gasteiger partial charge in [-0.1, -0.05) is 6.07 Å². The zero-order valence-electron chi connectivity index (χ0n) is 11.0. The summed E-state index contributed by atoms with van der Waals surface area (Å²) in [7, 11) is 1.59. The van der Waals surface area contributed by atoms with Crippen LogP contribution in [0.5, 0.6) is 0 Å². The summed E-state index contributed by atoms with van der Waals surface area (Å²) in [5, 5.41) is 5.07. The lowest BCUT2D eigenvalue weighted by Gasteiger charge is -2.06. The van der Waals surface area contributed by atoms with Gasteiger partial charge in [-0.05, 0) is 18.6 Å². The van der Waals surface area contributed by atoms with Gasteiger partial charge in [0, 0.05) is 45.1 Å². The molecule has 19 heavy (non-hydrogen) atoms. The van der Waals surface area contributed by atoms with E-state index in [1.54, 1.807) is 13.3 Å². The van der Waals surface area contributed by atoms with Crippen LogP contribution in [0.1, 0.15) is 12.1 Å². The van der Waals surface area contributed by atoms with Crippen LogP contribution < -0.4 is 10.6 Å². The molecule has 6 heteroatoms. The van der Waals surface area contributed by atoms with E-state index >= 15 is 0 Å². The van der Waals surface area contributed by atoms with Crippen molar-refractivity contribution in [3.63, 3.8) is 0 Å². The van der Waals surface area contributed by atoms with E-state index in [0.29, 0.717) is 32.5 Å². The van der Waals surface area contributed by atoms with E-state index < -0.39 is 11.8 Å².